The molecule has 0 unspecified atom stereocenters. The SMILES string of the molecule is COC(=O)C(F)(F)c1[nH]c2ccccc2c1F. The second-order valence-electron chi connectivity index (χ2n) is 3.43. The maximum Gasteiger partial charge on any atom is 0.385 e. The molecule has 0 aliphatic carbocycles. The summed E-state index contributed by atoms with van der Waals surface area (Å²) >= 11 is 0. The van der Waals surface area contributed by atoms with Crippen molar-refractivity contribution in [3.8, 4) is 0 Å². The van der Waals surface area contributed by atoms with Gasteiger partial charge in [-0.25, -0.2) is 9.18 Å². The zero-order valence-corrected chi connectivity index (χ0v) is 8.76. The number of para-hydroxylation sites is 1. The van der Waals surface area contributed by atoms with Gasteiger partial charge in [0, 0.05) is 10.9 Å². The molecule has 0 saturated heterocycles. The van der Waals surface area contributed by atoms with Crippen molar-refractivity contribution in [1.29, 1.82) is 0 Å². The molecule has 0 bridgehead atoms. The van der Waals surface area contributed by atoms with Crippen molar-refractivity contribution < 1.29 is 22.7 Å². The third kappa shape index (κ3) is 1.65. The number of rotatable bonds is 2. The number of hydrogen-bond donors (Lipinski definition) is 1. The number of hydrogen-bond acceptors (Lipinski definition) is 2. The molecule has 1 heterocycles. The molecule has 0 aliphatic rings. The zero-order valence-electron chi connectivity index (χ0n) is 8.76. The Hall–Kier alpha value is -1.98. The predicted octanol–water partition coefficient (Wildman–Crippen LogP) is 2.57. The number of halogens is 3. The van der Waals surface area contributed by atoms with Crippen LogP contribution in [0.4, 0.5) is 13.2 Å². The van der Waals surface area contributed by atoms with Crippen molar-refractivity contribution in [1.82, 2.24) is 4.98 Å². The third-order valence-corrected chi connectivity index (χ3v) is 2.40. The number of H-pyrrole nitrogens is 1. The lowest BCUT2D eigenvalue weighted by molar-refractivity contribution is -0.171. The maximum atomic E-state index is 13.7. The second-order valence-corrected chi connectivity index (χ2v) is 3.43. The lowest BCUT2D eigenvalue weighted by atomic mass is 10.2. The molecule has 0 amide bonds. The van der Waals surface area contributed by atoms with Gasteiger partial charge in [-0.1, -0.05) is 12.1 Å². The fourth-order valence-corrected chi connectivity index (χ4v) is 1.55. The summed E-state index contributed by atoms with van der Waals surface area (Å²) in [6, 6.07) is 5.87. The van der Waals surface area contributed by atoms with Gasteiger partial charge in [0.25, 0.3) is 0 Å². The van der Waals surface area contributed by atoms with Gasteiger partial charge in [-0.2, -0.15) is 8.78 Å². The summed E-state index contributed by atoms with van der Waals surface area (Å²) < 4.78 is 44.7. The Morgan fingerprint density at radius 1 is 1.35 bits per heavy atom. The van der Waals surface area contributed by atoms with E-state index in [4.69, 9.17) is 0 Å². The fraction of sp³-hybridized carbons (Fsp3) is 0.182. The van der Waals surface area contributed by atoms with Crippen molar-refractivity contribution >= 4 is 16.9 Å². The van der Waals surface area contributed by atoms with Gasteiger partial charge in [0.05, 0.1) is 7.11 Å². The third-order valence-electron chi connectivity index (χ3n) is 2.40. The van der Waals surface area contributed by atoms with Gasteiger partial charge < -0.3 is 9.72 Å². The van der Waals surface area contributed by atoms with Crippen LogP contribution < -0.4 is 0 Å². The molecule has 0 atom stereocenters. The minimum atomic E-state index is -4.03. The summed E-state index contributed by atoms with van der Waals surface area (Å²) in [4.78, 5) is 13.1. The van der Waals surface area contributed by atoms with Crippen molar-refractivity contribution in [2.24, 2.45) is 0 Å². The van der Waals surface area contributed by atoms with Gasteiger partial charge in [0.15, 0.2) is 5.82 Å². The van der Waals surface area contributed by atoms with Gasteiger partial charge in [-0.15, -0.1) is 0 Å². The highest BCUT2D eigenvalue weighted by Crippen LogP contribution is 2.34. The summed E-state index contributed by atoms with van der Waals surface area (Å²) in [6.45, 7) is 0. The van der Waals surface area contributed by atoms with Crippen LogP contribution in [0.5, 0.6) is 0 Å². The molecule has 1 aromatic heterocycles. The van der Waals surface area contributed by atoms with Gasteiger partial charge in [0.1, 0.15) is 5.69 Å². The van der Waals surface area contributed by atoms with E-state index in [0.717, 1.165) is 7.11 Å². The molecule has 6 heteroatoms. The van der Waals surface area contributed by atoms with E-state index in [1.165, 1.54) is 18.2 Å². The lowest BCUT2D eigenvalue weighted by Gasteiger charge is -2.11. The number of ether oxygens (including phenoxy) is 1. The molecule has 2 rings (SSSR count). The topological polar surface area (TPSA) is 42.1 Å². The van der Waals surface area contributed by atoms with Crippen molar-refractivity contribution in [2.45, 2.75) is 5.92 Å². The number of carbonyl (C=O) groups excluding carboxylic acids is 1. The molecule has 2 aromatic rings. The van der Waals surface area contributed by atoms with Crippen LogP contribution in [-0.4, -0.2) is 18.1 Å². The summed E-state index contributed by atoms with van der Waals surface area (Å²) in [6.07, 6.45) is 0. The number of carbonyl (C=O) groups is 1. The van der Waals surface area contributed by atoms with E-state index in [1.54, 1.807) is 6.07 Å². The van der Waals surface area contributed by atoms with E-state index in [9.17, 15) is 18.0 Å². The van der Waals surface area contributed by atoms with Crippen molar-refractivity contribution in [3.63, 3.8) is 0 Å². The van der Waals surface area contributed by atoms with E-state index in [2.05, 4.69) is 9.72 Å². The van der Waals surface area contributed by atoms with Crippen LogP contribution in [0.15, 0.2) is 24.3 Å². The first-order chi connectivity index (χ1) is 7.98. The van der Waals surface area contributed by atoms with Crippen LogP contribution in [0.1, 0.15) is 5.69 Å². The Bertz CT molecular complexity index is 577. The minimum Gasteiger partial charge on any atom is -0.464 e. The molecule has 90 valence electrons. The monoisotopic (exact) mass is 243 g/mol. The average Bonchev–Trinajstić information content (AvgIpc) is 2.67. The molecular formula is C11H8F3NO2. The van der Waals surface area contributed by atoms with Crippen LogP contribution >= 0.6 is 0 Å². The first kappa shape index (κ1) is 11.5. The number of nitrogens with one attached hydrogen (secondary N) is 1. The normalized spacial score (nSPS) is 11.8. The van der Waals surface area contributed by atoms with Crippen molar-refractivity contribution in [3.05, 3.63) is 35.8 Å². The number of fused-ring (bicyclic) bond motifs is 1. The van der Waals surface area contributed by atoms with E-state index < -0.39 is 23.4 Å². The van der Waals surface area contributed by atoms with Gasteiger partial charge in [-0.3, -0.25) is 0 Å². The minimum absolute atomic E-state index is 0.00563. The average molecular weight is 243 g/mol. The molecular weight excluding hydrogens is 235 g/mol. The Kier molecular flexibility index (Phi) is 2.57. The molecule has 0 saturated carbocycles. The van der Waals surface area contributed by atoms with E-state index >= 15 is 0 Å². The van der Waals surface area contributed by atoms with Crippen LogP contribution in [0.2, 0.25) is 0 Å². The Balaban J connectivity index is 2.63. The van der Waals surface area contributed by atoms with Gasteiger partial charge >= 0.3 is 11.9 Å². The lowest BCUT2D eigenvalue weighted by Crippen LogP contribution is -2.28. The first-order valence-electron chi connectivity index (χ1n) is 4.71. The quantitative estimate of drug-likeness (QED) is 0.823. The molecule has 1 aromatic carbocycles. The van der Waals surface area contributed by atoms with Crippen molar-refractivity contribution in [2.75, 3.05) is 7.11 Å². The molecule has 0 aliphatic heterocycles. The maximum absolute atomic E-state index is 13.7. The second kappa shape index (κ2) is 3.80. The Morgan fingerprint density at radius 3 is 2.59 bits per heavy atom. The van der Waals surface area contributed by atoms with E-state index in [1.807, 2.05) is 0 Å². The predicted molar refractivity (Wildman–Crippen MR) is 54.2 cm³/mol. The van der Waals surface area contributed by atoms with Crippen LogP contribution in [0, 0.1) is 5.82 Å². The number of benzene rings is 1. The smallest absolute Gasteiger partial charge is 0.385 e. The van der Waals surface area contributed by atoms with E-state index in [-0.39, 0.29) is 10.9 Å². The number of aromatic amines is 1. The molecule has 3 nitrogen and oxygen atoms in total. The molecule has 0 fully saturated rings. The standard InChI is InChI=1S/C11H8F3NO2/c1-17-10(16)11(13,14)9-8(12)6-4-2-3-5-7(6)15-9/h2-5,15H,1H3. The summed E-state index contributed by atoms with van der Waals surface area (Å²) in [5, 5.41) is 0.00563. The zero-order chi connectivity index (χ0) is 12.6. The van der Waals surface area contributed by atoms with Crippen LogP contribution in [0.25, 0.3) is 10.9 Å². The van der Waals surface area contributed by atoms with Gasteiger partial charge in [-0.05, 0) is 12.1 Å². The summed E-state index contributed by atoms with van der Waals surface area (Å²) in [7, 11) is 0.816. The van der Waals surface area contributed by atoms with Crippen LogP contribution in [0.3, 0.4) is 0 Å². The Labute approximate surface area is 94.2 Å². The molecule has 17 heavy (non-hydrogen) atoms. The number of alkyl halides is 2. The highest BCUT2D eigenvalue weighted by Gasteiger charge is 2.46. The van der Waals surface area contributed by atoms with E-state index in [0.29, 0.717) is 0 Å². The molecule has 0 spiro atoms. The largest absolute Gasteiger partial charge is 0.464 e. The Morgan fingerprint density at radius 2 is 2.00 bits per heavy atom. The number of aromatic nitrogens is 1. The summed E-state index contributed by atoms with van der Waals surface area (Å²) in [5.41, 5.74) is -0.880. The molecule has 1 N–H and O–H groups in total. The fourth-order valence-electron chi connectivity index (χ4n) is 1.55. The highest BCUT2D eigenvalue weighted by atomic mass is 19.3. The highest BCUT2D eigenvalue weighted by molar-refractivity contribution is 5.85. The first-order valence-corrected chi connectivity index (χ1v) is 4.71. The molecule has 0 radical (unpaired) electrons. The number of esters is 1. The number of methoxy groups -OCH3 is 1. The summed E-state index contributed by atoms with van der Waals surface area (Å²) in [5.74, 6) is -6.98. The van der Waals surface area contributed by atoms with Gasteiger partial charge in [0.2, 0.25) is 0 Å². The van der Waals surface area contributed by atoms with Crippen LogP contribution in [-0.2, 0) is 15.5 Å².